The van der Waals surface area contributed by atoms with Gasteiger partial charge >= 0.3 is 5.97 Å². The number of aryl methyl sites for hydroxylation is 1. The molecule has 0 aliphatic carbocycles. The van der Waals surface area contributed by atoms with Crippen molar-refractivity contribution in [3.8, 4) is 12.3 Å². The minimum Gasteiger partial charge on any atom is -0.477 e. The Labute approximate surface area is 143 Å². The molecule has 25 heavy (non-hydrogen) atoms. The largest absolute Gasteiger partial charge is 0.477 e. The van der Waals surface area contributed by atoms with Gasteiger partial charge in [0.2, 0.25) is 5.43 Å². The summed E-state index contributed by atoms with van der Waals surface area (Å²) in [6, 6.07) is 2.55. The number of piperazine rings is 1. The standard InChI is InChI=1S/C18H18FN3O3/c1-3-11-9-22(6-5-20-11)16-8-15-12(7-14(16)19)17(23)13(18(24)25)10-21(15)4-2/h1,7-8,10-11,20H,4-6,9H2,2H3,(H,24,25). The monoisotopic (exact) mass is 343 g/mol. The first-order valence-corrected chi connectivity index (χ1v) is 8.00. The lowest BCUT2D eigenvalue weighted by molar-refractivity contribution is 0.0695. The predicted octanol–water partition coefficient (Wildman–Crippen LogP) is 1.27. The molecule has 2 N–H and O–H groups in total. The van der Waals surface area contributed by atoms with E-state index in [9.17, 15) is 19.1 Å². The number of halogens is 1. The number of rotatable bonds is 3. The van der Waals surface area contributed by atoms with Gasteiger partial charge in [0, 0.05) is 37.8 Å². The molecular formula is C18H18FN3O3. The SMILES string of the molecule is C#CC1CN(c2cc3c(cc2F)c(=O)c(C(=O)O)cn3CC)CCN1. The number of carboxylic acids is 1. The molecule has 2 aromatic rings. The molecule has 6 nitrogen and oxygen atoms in total. The Morgan fingerprint density at radius 1 is 1.52 bits per heavy atom. The van der Waals surface area contributed by atoms with Crippen molar-refractivity contribution >= 4 is 22.6 Å². The van der Waals surface area contributed by atoms with E-state index in [1.165, 1.54) is 6.20 Å². The number of pyridine rings is 1. The Kier molecular flexibility index (Phi) is 4.47. The number of nitrogens with zero attached hydrogens (tertiary/aromatic N) is 2. The molecular weight excluding hydrogens is 325 g/mol. The van der Waals surface area contributed by atoms with E-state index in [2.05, 4.69) is 11.2 Å². The second-order valence-electron chi connectivity index (χ2n) is 5.90. The summed E-state index contributed by atoms with van der Waals surface area (Å²) < 4.78 is 16.3. The predicted molar refractivity (Wildman–Crippen MR) is 93.6 cm³/mol. The zero-order chi connectivity index (χ0) is 18.1. The van der Waals surface area contributed by atoms with Gasteiger partial charge < -0.3 is 19.9 Å². The highest BCUT2D eigenvalue weighted by molar-refractivity contribution is 5.93. The molecule has 1 aromatic heterocycles. The van der Waals surface area contributed by atoms with Gasteiger partial charge in [0.1, 0.15) is 11.4 Å². The summed E-state index contributed by atoms with van der Waals surface area (Å²) >= 11 is 0. The van der Waals surface area contributed by atoms with Gasteiger partial charge in [-0.1, -0.05) is 5.92 Å². The summed E-state index contributed by atoms with van der Waals surface area (Å²) in [5, 5.41) is 12.4. The highest BCUT2D eigenvalue weighted by Crippen LogP contribution is 2.26. The molecule has 7 heteroatoms. The fourth-order valence-electron chi connectivity index (χ4n) is 3.14. The van der Waals surface area contributed by atoms with Crippen molar-refractivity contribution in [1.29, 1.82) is 0 Å². The van der Waals surface area contributed by atoms with Crippen LogP contribution in [0.5, 0.6) is 0 Å². The number of hydrogen-bond donors (Lipinski definition) is 2. The average Bonchev–Trinajstić information content (AvgIpc) is 2.61. The van der Waals surface area contributed by atoms with Crippen molar-refractivity contribution < 1.29 is 14.3 Å². The molecule has 1 fully saturated rings. The maximum Gasteiger partial charge on any atom is 0.341 e. The molecule has 1 aliphatic heterocycles. The molecule has 3 rings (SSSR count). The van der Waals surface area contributed by atoms with Crippen LogP contribution in [-0.4, -0.2) is 41.3 Å². The molecule has 130 valence electrons. The first-order chi connectivity index (χ1) is 12.0. The van der Waals surface area contributed by atoms with Crippen molar-refractivity contribution in [1.82, 2.24) is 9.88 Å². The van der Waals surface area contributed by atoms with Gasteiger partial charge in [-0.2, -0.15) is 0 Å². The fourth-order valence-corrected chi connectivity index (χ4v) is 3.14. The van der Waals surface area contributed by atoms with E-state index in [1.807, 2.05) is 11.8 Å². The Balaban J connectivity index is 2.19. The van der Waals surface area contributed by atoms with Crippen LogP contribution in [0.25, 0.3) is 10.9 Å². The third kappa shape index (κ3) is 2.96. The molecule has 0 radical (unpaired) electrons. The number of benzene rings is 1. The summed E-state index contributed by atoms with van der Waals surface area (Å²) in [5.74, 6) is 0.732. The maximum atomic E-state index is 14.7. The summed E-state index contributed by atoms with van der Waals surface area (Å²) in [6.07, 6.45) is 6.75. The number of anilines is 1. The van der Waals surface area contributed by atoms with E-state index in [0.29, 0.717) is 37.4 Å². The highest BCUT2D eigenvalue weighted by atomic mass is 19.1. The fraction of sp³-hybridized carbons (Fsp3) is 0.333. The van der Waals surface area contributed by atoms with E-state index >= 15 is 0 Å². The molecule has 0 bridgehead atoms. The summed E-state index contributed by atoms with van der Waals surface area (Å²) in [7, 11) is 0. The Morgan fingerprint density at radius 3 is 2.92 bits per heavy atom. The van der Waals surface area contributed by atoms with Crippen molar-refractivity contribution in [2.45, 2.75) is 19.5 Å². The van der Waals surface area contributed by atoms with E-state index in [1.54, 1.807) is 10.6 Å². The van der Waals surface area contributed by atoms with E-state index < -0.39 is 17.2 Å². The minimum atomic E-state index is -1.32. The second kappa shape index (κ2) is 6.57. The topological polar surface area (TPSA) is 74.6 Å². The van der Waals surface area contributed by atoms with Crippen LogP contribution in [0, 0.1) is 18.2 Å². The number of carbonyl (C=O) groups is 1. The lowest BCUT2D eigenvalue weighted by Crippen LogP contribution is -2.50. The normalized spacial score (nSPS) is 17.5. The van der Waals surface area contributed by atoms with Crippen molar-refractivity contribution in [3.63, 3.8) is 0 Å². The van der Waals surface area contributed by atoms with Crippen LogP contribution in [0.2, 0.25) is 0 Å². The Morgan fingerprint density at radius 2 is 2.28 bits per heavy atom. The maximum absolute atomic E-state index is 14.7. The molecule has 1 atom stereocenters. The van der Waals surface area contributed by atoms with Crippen LogP contribution in [0.15, 0.2) is 23.1 Å². The number of aromatic carboxylic acids is 1. The second-order valence-corrected chi connectivity index (χ2v) is 5.90. The number of aromatic nitrogens is 1. The molecule has 2 heterocycles. The summed E-state index contributed by atoms with van der Waals surface area (Å²) in [5.41, 5.74) is -0.181. The first kappa shape index (κ1) is 17.0. The first-order valence-electron chi connectivity index (χ1n) is 8.00. The van der Waals surface area contributed by atoms with Gasteiger partial charge in [-0.05, 0) is 19.1 Å². The third-order valence-electron chi connectivity index (χ3n) is 4.44. The molecule has 1 aromatic carbocycles. The van der Waals surface area contributed by atoms with Gasteiger partial charge in [0.05, 0.1) is 17.2 Å². The van der Waals surface area contributed by atoms with Gasteiger partial charge in [0.15, 0.2) is 0 Å². The zero-order valence-corrected chi connectivity index (χ0v) is 13.8. The van der Waals surface area contributed by atoms with Crippen LogP contribution in [0.3, 0.4) is 0 Å². The van der Waals surface area contributed by atoms with Crippen LogP contribution < -0.4 is 15.6 Å². The quantitative estimate of drug-likeness (QED) is 0.821. The molecule has 1 unspecified atom stereocenters. The average molecular weight is 343 g/mol. The smallest absolute Gasteiger partial charge is 0.341 e. The Hall–Kier alpha value is -2.85. The lowest BCUT2D eigenvalue weighted by atomic mass is 10.1. The van der Waals surface area contributed by atoms with E-state index in [4.69, 9.17) is 6.42 Å². The number of nitrogens with one attached hydrogen (secondary N) is 1. The minimum absolute atomic E-state index is 0.0617. The molecule has 1 saturated heterocycles. The van der Waals surface area contributed by atoms with Crippen molar-refractivity contribution in [3.05, 3.63) is 39.9 Å². The lowest BCUT2D eigenvalue weighted by Gasteiger charge is -2.33. The number of hydrogen-bond acceptors (Lipinski definition) is 4. The summed E-state index contributed by atoms with van der Waals surface area (Å²) in [4.78, 5) is 25.5. The van der Waals surface area contributed by atoms with Gasteiger partial charge in [-0.25, -0.2) is 9.18 Å². The molecule has 0 spiro atoms. The van der Waals surface area contributed by atoms with Gasteiger partial charge in [-0.3, -0.25) is 4.79 Å². The summed E-state index contributed by atoms with van der Waals surface area (Å²) in [6.45, 7) is 3.96. The van der Waals surface area contributed by atoms with Crippen LogP contribution in [0.1, 0.15) is 17.3 Å². The molecule has 0 amide bonds. The van der Waals surface area contributed by atoms with E-state index in [-0.39, 0.29) is 17.0 Å². The molecule has 1 aliphatic rings. The number of terminal acetylenes is 1. The number of fused-ring (bicyclic) bond motifs is 1. The third-order valence-corrected chi connectivity index (χ3v) is 4.44. The van der Waals surface area contributed by atoms with Gasteiger partial charge in [0.25, 0.3) is 0 Å². The van der Waals surface area contributed by atoms with Crippen LogP contribution in [-0.2, 0) is 6.54 Å². The van der Waals surface area contributed by atoms with Gasteiger partial charge in [-0.15, -0.1) is 6.42 Å². The van der Waals surface area contributed by atoms with E-state index in [0.717, 1.165) is 6.07 Å². The highest BCUT2D eigenvalue weighted by Gasteiger charge is 2.22. The molecule has 0 saturated carbocycles. The number of carboxylic acid groups (broad SMARTS) is 1. The van der Waals surface area contributed by atoms with Crippen LogP contribution in [0.4, 0.5) is 10.1 Å². The van der Waals surface area contributed by atoms with Crippen LogP contribution >= 0.6 is 0 Å². The van der Waals surface area contributed by atoms with Crippen molar-refractivity contribution in [2.24, 2.45) is 0 Å². The Bertz CT molecular complexity index is 945. The zero-order valence-electron chi connectivity index (χ0n) is 13.8. The van der Waals surface area contributed by atoms with Crippen molar-refractivity contribution in [2.75, 3.05) is 24.5 Å².